The minimum absolute atomic E-state index is 0.0850. The molecule has 1 amide bonds. The first kappa shape index (κ1) is 19.4. The summed E-state index contributed by atoms with van der Waals surface area (Å²) in [5, 5.41) is 16.5. The van der Waals surface area contributed by atoms with Crippen LogP contribution in [0.4, 0.5) is 5.82 Å². The highest BCUT2D eigenvalue weighted by molar-refractivity contribution is 5.79. The van der Waals surface area contributed by atoms with E-state index < -0.39 is 0 Å². The molecule has 1 N–H and O–H groups in total. The Hall–Kier alpha value is -2.96. The molecule has 0 saturated carbocycles. The number of nitrogens with one attached hydrogen (secondary N) is 1. The van der Waals surface area contributed by atoms with Gasteiger partial charge in [0.15, 0.2) is 11.5 Å². The fraction of sp³-hybridized carbons (Fsp3) is 0.455. The van der Waals surface area contributed by atoms with E-state index in [1.807, 2.05) is 28.8 Å². The van der Waals surface area contributed by atoms with Crippen molar-refractivity contribution in [2.75, 3.05) is 18.0 Å². The fourth-order valence-corrected chi connectivity index (χ4v) is 3.75. The lowest BCUT2D eigenvalue weighted by molar-refractivity contribution is -0.126. The number of carbonyl (C=O) groups excluding carboxylic acids is 1. The van der Waals surface area contributed by atoms with Gasteiger partial charge in [-0.05, 0) is 51.3 Å². The van der Waals surface area contributed by atoms with Gasteiger partial charge in [-0.25, -0.2) is 0 Å². The molecular weight excluding hydrogens is 364 g/mol. The predicted molar refractivity (Wildman–Crippen MR) is 114 cm³/mol. The summed E-state index contributed by atoms with van der Waals surface area (Å²) in [7, 11) is 0. The monoisotopic (exact) mass is 392 g/mol. The summed E-state index contributed by atoms with van der Waals surface area (Å²) >= 11 is 0. The Labute approximate surface area is 171 Å². The minimum atomic E-state index is 0.0850. The first-order valence-electron chi connectivity index (χ1n) is 10.4. The van der Waals surface area contributed by atoms with Gasteiger partial charge in [-0.1, -0.05) is 30.7 Å². The SMILES string of the molecule is CCC(C)NC(=O)C1CCN(c2ccc3nnc(-c4cccc(C)c4)n3n2)CC1. The van der Waals surface area contributed by atoms with E-state index in [1.165, 1.54) is 5.56 Å². The Balaban J connectivity index is 1.51. The van der Waals surface area contributed by atoms with Gasteiger partial charge in [-0.15, -0.1) is 15.3 Å². The maximum atomic E-state index is 12.4. The third kappa shape index (κ3) is 4.09. The highest BCUT2D eigenvalue weighted by atomic mass is 16.1. The molecule has 1 aliphatic rings. The number of carbonyl (C=O) groups is 1. The second kappa shape index (κ2) is 8.19. The second-order valence-electron chi connectivity index (χ2n) is 7.93. The summed E-state index contributed by atoms with van der Waals surface area (Å²) in [4.78, 5) is 14.7. The Kier molecular flexibility index (Phi) is 5.47. The fourth-order valence-electron chi connectivity index (χ4n) is 3.75. The lowest BCUT2D eigenvalue weighted by Crippen LogP contribution is -2.43. The normalized spacial score (nSPS) is 16.2. The van der Waals surface area contributed by atoms with Gasteiger partial charge in [0.2, 0.25) is 5.91 Å². The number of aromatic nitrogens is 4. The number of anilines is 1. The number of benzene rings is 1. The largest absolute Gasteiger partial charge is 0.355 e. The predicted octanol–water partition coefficient (Wildman–Crippen LogP) is 3.23. The van der Waals surface area contributed by atoms with Gasteiger partial charge in [-0.2, -0.15) is 4.52 Å². The summed E-state index contributed by atoms with van der Waals surface area (Å²) in [6, 6.07) is 12.4. The zero-order valence-electron chi connectivity index (χ0n) is 17.3. The van der Waals surface area contributed by atoms with Crippen LogP contribution < -0.4 is 10.2 Å². The van der Waals surface area contributed by atoms with Crippen LogP contribution in [0.5, 0.6) is 0 Å². The van der Waals surface area contributed by atoms with Crippen molar-refractivity contribution >= 4 is 17.4 Å². The van der Waals surface area contributed by atoms with Gasteiger partial charge in [0.25, 0.3) is 0 Å². The van der Waals surface area contributed by atoms with Crippen LogP contribution in [0, 0.1) is 12.8 Å². The topological polar surface area (TPSA) is 75.4 Å². The van der Waals surface area contributed by atoms with E-state index in [4.69, 9.17) is 5.10 Å². The van der Waals surface area contributed by atoms with Crippen LogP contribution in [0.1, 0.15) is 38.7 Å². The molecule has 2 aromatic heterocycles. The van der Waals surface area contributed by atoms with Gasteiger partial charge in [0.1, 0.15) is 5.82 Å². The van der Waals surface area contributed by atoms with E-state index in [-0.39, 0.29) is 17.9 Å². The average molecular weight is 393 g/mol. The highest BCUT2D eigenvalue weighted by Crippen LogP contribution is 2.24. The van der Waals surface area contributed by atoms with Crippen molar-refractivity contribution in [2.45, 2.75) is 46.1 Å². The lowest BCUT2D eigenvalue weighted by atomic mass is 9.95. The first-order valence-corrected chi connectivity index (χ1v) is 10.4. The summed E-state index contributed by atoms with van der Waals surface area (Å²) < 4.78 is 1.81. The molecule has 0 spiro atoms. The van der Waals surface area contributed by atoms with Gasteiger partial charge < -0.3 is 10.2 Å². The van der Waals surface area contributed by atoms with Crippen molar-refractivity contribution in [1.29, 1.82) is 0 Å². The summed E-state index contributed by atoms with van der Waals surface area (Å²) in [5.41, 5.74) is 2.91. The molecule has 0 bridgehead atoms. The van der Waals surface area contributed by atoms with Crippen LogP contribution >= 0.6 is 0 Å². The molecule has 152 valence electrons. The molecule has 0 radical (unpaired) electrons. The molecule has 7 heteroatoms. The van der Waals surface area contributed by atoms with E-state index in [0.717, 1.165) is 55.2 Å². The lowest BCUT2D eigenvalue weighted by Gasteiger charge is -2.32. The van der Waals surface area contributed by atoms with Crippen LogP contribution in [-0.4, -0.2) is 44.8 Å². The zero-order valence-corrected chi connectivity index (χ0v) is 17.3. The second-order valence-corrected chi connectivity index (χ2v) is 7.93. The van der Waals surface area contributed by atoms with Crippen molar-refractivity contribution < 1.29 is 4.79 Å². The van der Waals surface area contributed by atoms with E-state index >= 15 is 0 Å². The van der Waals surface area contributed by atoms with Crippen molar-refractivity contribution in [3.8, 4) is 11.4 Å². The molecule has 1 atom stereocenters. The van der Waals surface area contributed by atoms with E-state index in [9.17, 15) is 4.79 Å². The Morgan fingerprint density at radius 3 is 2.72 bits per heavy atom. The zero-order chi connectivity index (χ0) is 20.4. The van der Waals surface area contributed by atoms with Gasteiger partial charge in [0, 0.05) is 30.6 Å². The van der Waals surface area contributed by atoms with Crippen LogP contribution in [0.15, 0.2) is 36.4 Å². The van der Waals surface area contributed by atoms with Crippen LogP contribution in [0.3, 0.4) is 0 Å². The maximum absolute atomic E-state index is 12.4. The van der Waals surface area contributed by atoms with Crippen LogP contribution in [0.2, 0.25) is 0 Å². The standard InChI is InChI=1S/C22H28N6O/c1-4-16(3)23-22(29)17-10-12-27(13-11-17)20-9-8-19-24-25-21(28(19)26-20)18-7-5-6-15(2)14-18/h5-9,14,16-17H,4,10-13H2,1-3H3,(H,23,29). The Morgan fingerprint density at radius 2 is 2.00 bits per heavy atom. The first-order chi connectivity index (χ1) is 14.0. The van der Waals surface area contributed by atoms with Gasteiger partial charge in [-0.3, -0.25) is 4.79 Å². The third-order valence-corrected chi connectivity index (χ3v) is 5.72. The van der Waals surface area contributed by atoms with Gasteiger partial charge in [0.05, 0.1) is 0 Å². The van der Waals surface area contributed by atoms with Crippen LogP contribution in [0.25, 0.3) is 17.0 Å². The summed E-state index contributed by atoms with van der Waals surface area (Å²) in [6.45, 7) is 7.84. The van der Waals surface area contributed by atoms with Crippen LogP contribution in [-0.2, 0) is 4.79 Å². The molecule has 3 heterocycles. The van der Waals surface area contributed by atoms with Crippen molar-refractivity contribution in [3.05, 3.63) is 42.0 Å². The smallest absolute Gasteiger partial charge is 0.223 e. The van der Waals surface area contributed by atoms with Crippen molar-refractivity contribution in [3.63, 3.8) is 0 Å². The van der Waals surface area contributed by atoms with Crippen molar-refractivity contribution in [1.82, 2.24) is 25.1 Å². The number of nitrogens with zero attached hydrogens (tertiary/aromatic N) is 5. The molecule has 1 aliphatic heterocycles. The molecule has 29 heavy (non-hydrogen) atoms. The number of rotatable bonds is 5. The Bertz CT molecular complexity index is 1010. The molecule has 4 rings (SSSR count). The maximum Gasteiger partial charge on any atom is 0.223 e. The molecule has 0 aliphatic carbocycles. The van der Waals surface area contributed by atoms with E-state index in [2.05, 4.69) is 53.3 Å². The molecule has 1 aromatic carbocycles. The molecular formula is C22H28N6O. The number of hydrogen-bond donors (Lipinski definition) is 1. The number of piperidine rings is 1. The number of amides is 1. The van der Waals surface area contributed by atoms with E-state index in [1.54, 1.807) is 0 Å². The summed E-state index contributed by atoms with van der Waals surface area (Å²) in [5.74, 6) is 1.91. The average Bonchev–Trinajstić information content (AvgIpc) is 3.17. The quantitative estimate of drug-likeness (QED) is 0.721. The Morgan fingerprint density at radius 1 is 1.21 bits per heavy atom. The van der Waals surface area contributed by atoms with E-state index in [0.29, 0.717) is 0 Å². The van der Waals surface area contributed by atoms with Crippen molar-refractivity contribution in [2.24, 2.45) is 5.92 Å². The number of aryl methyl sites for hydroxylation is 1. The molecule has 3 aromatic rings. The summed E-state index contributed by atoms with van der Waals surface area (Å²) in [6.07, 6.45) is 2.64. The molecule has 1 saturated heterocycles. The molecule has 7 nitrogen and oxygen atoms in total. The number of hydrogen-bond acceptors (Lipinski definition) is 5. The third-order valence-electron chi connectivity index (χ3n) is 5.72. The van der Waals surface area contributed by atoms with Gasteiger partial charge >= 0.3 is 0 Å². The molecule has 1 fully saturated rings. The highest BCUT2D eigenvalue weighted by Gasteiger charge is 2.26. The minimum Gasteiger partial charge on any atom is -0.355 e. The molecule has 1 unspecified atom stereocenters. The number of fused-ring (bicyclic) bond motifs is 1.